The van der Waals surface area contributed by atoms with Gasteiger partial charge in [0.1, 0.15) is 0 Å². The van der Waals surface area contributed by atoms with Gasteiger partial charge in [0.2, 0.25) is 10.0 Å². The zero-order valence-electron chi connectivity index (χ0n) is 12.5. The van der Waals surface area contributed by atoms with Crippen molar-refractivity contribution in [1.82, 2.24) is 4.72 Å². The van der Waals surface area contributed by atoms with Gasteiger partial charge in [-0.3, -0.25) is 0 Å². The summed E-state index contributed by atoms with van der Waals surface area (Å²) in [6.07, 6.45) is -4.74. The largest absolute Gasteiger partial charge is 0.417 e. The van der Waals surface area contributed by atoms with Gasteiger partial charge in [0.05, 0.1) is 29.2 Å². The highest BCUT2D eigenvalue weighted by molar-refractivity contribution is 7.89. The van der Waals surface area contributed by atoms with Crippen LogP contribution < -0.4 is 4.72 Å². The first-order valence-electron chi connectivity index (χ1n) is 6.77. The monoisotopic (exact) mass is 337 g/mol. The highest BCUT2D eigenvalue weighted by Crippen LogP contribution is 2.36. The van der Waals surface area contributed by atoms with Crippen LogP contribution in [0.25, 0.3) is 0 Å². The van der Waals surface area contributed by atoms with Crippen LogP contribution >= 0.6 is 0 Å². The molecule has 0 aliphatic carbocycles. The molecule has 1 heterocycles. The summed E-state index contributed by atoms with van der Waals surface area (Å²) in [5, 5.41) is 0. The third kappa shape index (κ3) is 3.44. The minimum absolute atomic E-state index is 0.136. The van der Waals surface area contributed by atoms with E-state index in [1.807, 2.05) is 0 Å². The Morgan fingerprint density at radius 2 is 1.86 bits per heavy atom. The minimum Gasteiger partial charge on any atom is -0.377 e. The van der Waals surface area contributed by atoms with Gasteiger partial charge in [0, 0.05) is 0 Å². The average Bonchev–Trinajstić information content (AvgIpc) is 2.34. The molecule has 0 bridgehead atoms. The summed E-state index contributed by atoms with van der Waals surface area (Å²) in [6.45, 7) is 5.35. The third-order valence-electron chi connectivity index (χ3n) is 3.49. The second kappa shape index (κ2) is 5.50. The summed E-state index contributed by atoms with van der Waals surface area (Å²) in [4.78, 5) is -0.752. The quantitative estimate of drug-likeness (QED) is 0.919. The Balaban J connectivity index is 2.49. The van der Waals surface area contributed by atoms with Gasteiger partial charge in [-0.15, -0.1) is 0 Å². The van der Waals surface area contributed by atoms with Crippen LogP contribution in [-0.4, -0.2) is 27.2 Å². The summed E-state index contributed by atoms with van der Waals surface area (Å²) in [5.74, 6) is -0.136. The van der Waals surface area contributed by atoms with Crippen molar-refractivity contribution in [2.45, 2.75) is 43.3 Å². The number of rotatable bonds is 4. The van der Waals surface area contributed by atoms with E-state index in [9.17, 15) is 21.6 Å². The van der Waals surface area contributed by atoms with Crippen LogP contribution in [0.4, 0.5) is 13.2 Å². The molecule has 8 heteroatoms. The molecule has 0 aromatic heterocycles. The average molecular weight is 337 g/mol. The Morgan fingerprint density at radius 3 is 2.27 bits per heavy atom. The van der Waals surface area contributed by atoms with E-state index >= 15 is 0 Å². The van der Waals surface area contributed by atoms with E-state index in [-0.39, 0.29) is 19.1 Å². The van der Waals surface area contributed by atoms with Crippen LogP contribution in [0.1, 0.15) is 37.8 Å². The second-order valence-electron chi connectivity index (χ2n) is 6.07. The molecule has 0 saturated carbocycles. The lowest BCUT2D eigenvalue weighted by Gasteiger charge is -2.38. The van der Waals surface area contributed by atoms with E-state index in [0.29, 0.717) is 5.56 Å². The molecule has 0 spiro atoms. The molecule has 1 aromatic rings. The normalized spacial score (nSPS) is 18.3. The number of sulfonamides is 1. The van der Waals surface area contributed by atoms with Gasteiger partial charge < -0.3 is 4.74 Å². The standard InChI is InChI=1S/C14H18F3NO3S/c1-9(2)10-4-5-12(11(6-10)14(15,16)17)22(19,20)18-13(3)7-21-8-13/h4-6,9,18H,7-8H2,1-3H3. The zero-order valence-corrected chi connectivity index (χ0v) is 13.3. The molecular weight excluding hydrogens is 319 g/mol. The van der Waals surface area contributed by atoms with Gasteiger partial charge in [-0.25, -0.2) is 13.1 Å². The predicted molar refractivity (Wildman–Crippen MR) is 75.1 cm³/mol. The summed E-state index contributed by atoms with van der Waals surface area (Å²) in [7, 11) is -4.29. The fourth-order valence-electron chi connectivity index (χ4n) is 2.21. The Kier molecular flexibility index (Phi) is 4.31. The Labute approximate surface area is 127 Å². The SMILES string of the molecule is CC(C)c1ccc(S(=O)(=O)NC2(C)COC2)c(C(F)(F)F)c1. The molecule has 0 atom stereocenters. The van der Waals surface area contributed by atoms with Crippen molar-refractivity contribution in [2.24, 2.45) is 0 Å². The summed E-state index contributed by atoms with van der Waals surface area (Å²) in [5.41, 5.74) is -1.57. The third-order valence-corrected chi connectivity index (χ3v) is 5.18. The molecular formula is C14H18F3NO3S. The number of hydrogen-bond acceptors (Lipinski definition) is 3. The number of nitrogens with one attached hydrogen (secondary N) is 1. The minimum atomic E-state index is -4.74. The number of alkyl halides is 3. The van der Waals surface area contributed by atoms with Crippen molar-refractivity contribution in [2.75, 3.05) is 13.2 Å². The fraction of sp³-hybridized carbons (Fsp3) is 0.571. The van der Waals surface area contributed by atoms with Crippen LogP contribution in [0.5, 0.6) is 0 Å². The first kappa shape index (κ1) is 17.2. The molecule has 22 heavy (non-hydrogen) atoms. The maximum absolute atomic E-state index is 13.2. The summed E-state index contributed by atoms with van der Waals surface area (Å²) >= 11 is 0. The lowest BCUT2D eigenvalue weighted by atomic mass is 10.0. The molecule has 1 aliphatic rings. The molecule has 1 saturated heterocycles. The van der Waals surface area contributed by atoms with Gasteiger partial charge in [-0.1, -0.05) is 19.9 Å². The Bertz CT molecular complexity index is 664. The fourth-order valence-corrected chi connectivity index (χ4v) is 3.80. The maximum Gasteiger partial charge on any atom is 0.417 e. The second-order valence-corrected chi connectivity index (χ2v) is 7.72. The van der Waals surface area contributed by atoms with E-state index in [4.69, 9.17) is 4.74 Å². The smallest absolute Gasteiger partial charge is 0.377 e. The maximum atomic E-state index is 13.2. The highest BCUT2D eigenvalue weighted by Gasteiger charge is 2.42. The molecule has 1 aromatic carbocycles. The van der Waals surface area contributed by atoms with Gasteiger partial charge in [0.25, 0.3) is 0 Å². The van der Waals surface area contributed by atoms with Gasteiger partial charge in [-0.05, 0) is 30.5 Å². The lowest BCUT2D eigenvalue weighted by Crippen LogP contribution is -2.59. The number of ether oxygens (including phenoxy) is 1. The zero-order chi connectivity index (χ0) is 16.8. The Morgan fingerprint density at radius 1 is 1.27 bits per heavy atom. The topological polar surface area (TPSA) is 55.4 Å². The molecule has 1 fully saturated rings. The van der Waals surface area contributed by atoms with Crippen molar-refractivity contribution >= 4 is 10.0 Å². The predicted octanol–water partition coefficient (Wildman–Crippen LogP) is 2.90. The van der Waals surface area contributed by atoms with Crippen LogP contribution in [0.2, 0.25) is 0 Å². The van der Waals surface area contributed by atoms with Crippen LogP contribution in [0.3, 0.4) is 0 Å². The summed E-state index contributed by atoms with van der Waals surface area (Å²) < 4.78 is 71.6. The summed E-state index contributed by atoms with van der Waals surface area (Å²) in [6, 6.07) is 3.33. The molecule has 2 rings (SSSR count). The van der Waals surface area contributed by atoms with Gasteiger partial charge >= 0.3 is 6.18 Å². The van der Waals surface area contributed by atoms with E-state index in [1.54, 1.807) is 20.8 Å². The van der Waals surface area contributed by atoms with E-state index < -0.39 is 32.2 Å². The molecule has 0 unspecified atom stereocenters. The molecule has 1 aliphatic heterocycles. The first-order chi connectivity index (χ1) is 9.95. The van der Waals surface area contributed by atoms with E-state index in [1.165, 1.54) is 6.07 Å². The molecule has 124 valence electrons. The number of halogens is 3. The van der Waals surface area contributed by atoms with Crippen LogP contribution in [-0.2, 0) is 20.9 Å². The highest BCUT2D eigenvalue weighted by atomic mass is 32.2. The van der Waals surface area contributed by atoms with Crippen molar-refractivity contribution in [3.63, 3.8) is 0 Å². The van der Waals surface area contributed by atoms with Crippen molar-refractivity contribution in [3.8, 4) is 0 Å². The van der Waals surface area contributed by atoms with Crippen molar-refractivity contribution in [1.29, 1.82) is 0 Å². The van der Waals surface area contributed by atoms with Gasteiger partial charge in [0.15, 0.2) is 0 Å². The molecule has 0 radical (unpaired) electrons. The molecule has 4 nitrogen and oxygen atoms in total. The lowest BCUT2D eigenvalue weighted by molar-refractivity contribution is -0.140. The number of hydrogen-bond donors (Lipinski definition) is 1. The molecule has 0 amide bonds. The van der Waals surface area contributed by atoms with Gasteiger partial charge in [-0.2, -0.15) is 13.2 Å². The van der Waals surface area contributed by atoms with Crippen LogP contribution in [0.15, 0.2) is 23.1 Å². The molecule has 1 N–H and O–H groups in total. The Hall–Kier alpha value is -1.12. The first-order valence-corrected chi connectivity index (χ1v) is 8.26. The van der Waals surface area contributed by atoms with Crippen molar-refractivity contribution in [3.05, 3.63) is 29.3 Å². The van der Waals surface area contributed by atoms with Crippen LogP contribution in [0, 0.1) is 0 Å². The van der Waals surface area contributed by atoms with E-state index in [2.05, 4.69) is 4.72 Å². The van der Waals surface area contributed by atoms with Crippen molar-refractivity contribution < 1.29 is 26.3 Å². The number of benzene rings is 1. The van der Waals surface area contributed by atoms with E-state index in [0.717, 1.165) is 12.1 Å².